The summed E-state index contributed by atoms with van der Waals surface area (Å²) >= 11 is 2.08. The molecule has 0 saturated carbocycles. The van der Waals surface area contributed by atoms with E-state index in [2.05, 4.69) is 53.3 Å². The molecular formula is C16H20N2S. The Morgan fingerprint density at radius 2 is 2.37 bits per heavy atom. The number of aromatic nitrogens is 1. The lowest BCUT2D eigenvalue weighted by molar-refractivity contribution is 0.401. The quantitative estimate of drug-likeness (QED) is 0.920. The fraction of sp³-hybridized carbons (Fsp3) is 0.438. The lowest BCUT2D eigenvalue weighted by atomic mass is 9.92. The molecule has 1 aliphatic heterocycles. The fourth-order valence-corrected chi connectivity index (χ4v) is 4.17. The Kier molecular flexibility index (Phi) is 4.04. The Bertz CT molecular complexity index is 549. The van der Waals surface area contributed by atoms with Gasteiger partial charge in [0, 0.05) is 17.6 Å². The van der Waals surface area contributed by atoms with Crippen molar-refractivity contribution in [2.75, 3.05) is 18.1 Å². The third-order valence-corrected chi connectivity index (χ3v) is 5.04. The zero-order valence-electron chi connectivity index (χ0n) is 11.3. The van der Waals surface area contributed by atoms with Crippen LogP contribution in [0.5, 0.6) is 0 Å². The molecule has 0 amide bonds. The molecule has 2 heterocycles. The largest absolute Gasteiger partial charge is 0.310 e. The van der Waals surface area contributed by atoms with E-state index in [-0.39, 0.29) is 0 Å². The van der Waals surface area contributed by atoms with Gasteiger partial charge in [-0.3, -0.25) is 4.98 Å². The fourth-order valence-electron chi connectivity index (χ4n) is 2.87. The number of pyridine rings is 1. The van der Waals surface area contributed by atoms with Gasteiger partial charge in [-0.2, -0.15) is 11.8 Å². The number of nitrogens with one attached hydrogen (secondary N) is 1. The molecule has 3 rings (SSSR count). The average molecular weight is 272 g/mol. The van der Waals surface area contributed by atoms with Crippen molar-refractivity contribution in [3.8, 4) is 0 Å². The van der Waals surface area contributed by atoms with Gasteiger partial charge in [0.2, 0.25) is 0 Å². The third kappa shape index (κ3) is 2.77. The molecule has 0 spiro atoms. The summed E-state index contributed by atoms with van der Waals surface area (Å²) in [6, 6.07) is 11.3. The number of rotatable bonds is 4. The Morgan fingerprint density at radius 1 is 1.42 bits per heavy atom. The number of benzene rings is 1. The number of nitrogens with zero attached hydrogens (tertiary/aromatic N) is 1. The zero-order valence-corrected chi connectivity index (χ0v) is 12.1. The van der Waals surface area contributed by atoms with Crippen LogP contribution in [0, 0.1) is 5.92 Å². The predicted molar refractivity (Wildman–Crippen MR) is 83.6 cm³/mol. The minimum Gasteiger partial charge on any atom is -0.310 e. The van der Waals surface area contributed by atoms with Gasteiger partial charge >= 0.3 is 0 Å². The van der Waals surface area contributed by atoms with Crippen molar-refractivity contribution in [2.45, 2.75) is 19.4 Å². The zero-order chi connectivity index (χ0) is 13.1. The van der Waals surface area contributed by atoms with E-state index >= 15 is 0 Å². The summed E-state index contributed by atoms with van der Waals surface area (Å²) in [4.78, 5) is 4.48. The van der Waals surface area contributed by atoms with Crippen molar-refractivity contribution in [3.05, 3.63) is 42.1 Å². The molecule has 1 N–H and O–H groups in total. The van der Waals surface area contributed by atoms with Gasteiger partial charge in [0.1, 0.15) is 0 Å². The summed E-state index contributed by atoms with van der Waals surface area (Å²) in [6.07, 6.45) is 3.20. The van der Waals surface area contributed by atoms with Crippen LogP contribution in [0.3, 0.4) is 0 Å². The number of hydrogen-bond donors (Lipinski definition) is 1. The van der Waals surface area contributed by atoms with Crippen molar-refractivity contribution in [1.29, 1.82) is 0 Å². The summed E-state index contributed by atoms with van der Waals surface area (Å²) in [6.45, 7) is 3.21. The maximum absolute atomic E-state index is 4.48. The first kappa shape index (κ1) is 12.9. The van der Waals surface area contributed by atoms with Crippen molar-refractivity contribution < 1.29 is 0 Å². The average Bonchev–Trinajstić information content (AvgIpc) is 2.98. The van der Waals surface area contributed by atoms with Gasteiger partial charge in [0.15, 0.2) is 0 Å². The molecule has 1 fully saturated rings. The van der Waals surface area contributed by atoms with Crippen LogP contribution in [0.2, 0.25) is 0 Å². The highest BCUT2D eigenvalue weighted by atomic mass is 32.2. The summed E-state index contributed by atoms with van der Waals surface area (Å²) < 4.78 is 0. The van der Waals surface area contributed by atoms with Gasteiger partial charge in [-0.05, 0) is 48.1 Å². The van der Waals surface area contributed by atoms with Crippen LogP contribution in [0.15, 0.2) is 36.5 Å². The van der Waals surface area contributed by atoms with Crippen LogP contribution in [0.1, 0.15) is 24.9 Å². The van der Waals surface area contributed by atoms with E-state index in [0.717, 1.165) is 18.0 Å². The number of thioether (sulfide) groups is 1. The van der Waals surface area contributed by atoms with Gasteiger partial charge < -0.3 is 5.32 Å². The van der Waals surface area contributed by atoms with Crippen LogP contribution in [0.4, 0.5) is 0 Å². The topological polar surface area (TPSA) is 24.9 Å². The highest BCUT2D eigenvalue weighted by Crippen LogP contribution is 2.34. The minimum absolute atomic E-state index is 0.478. The first-order chi connectivity index (χ1) is 9.38. The lowest BCUT2D eigenvalue weighted by Gasteiger charge is -2.24. The maximum atomic E-state index is 4.48. The van der Waals surface area contributed by atoms with E-state index in [0.29, 0.717) is 6.04 Å². The molecule has 19 heavy (non-hydrogen) atoms. The van der Waals surface area contributed by atoms with Crippen molar-refractivity contribution >= 4 is 22.7 Å². The second-order valence-corrected chi connectivity index (χ2v) is 6.26. The van der Waals surface area contributed by atoms with Gasteiger partial charge in [0.05, 0.1) is 5.52 Å². The van der Waals surface area contributed by atoms with Crippen LogP contribution >= 0.6 is 11.8 Å². The monoisotopic (exact) mass is 272 g/mol. The third-order valence-electron chi connectivity index (χ3n) is 3.85. The van der Waals surface area contributed by atoms with Crippen molar-refractivity contribution in [3.63, 3.8) is 0 Å². The van der Waals surface area contributed by atoms with E-state index < -0.39 is 0 Å². The Hall–Kier alpha value is -1.06. The second kappa shape index (κ2) is 5.93. The molecule has 1 saturated heterocycles. The number of hydrogen-bond acceptors (Lipinski definition) is 3. The summed E-state index contributed by atoms with van der Waals surface area (Å²) in [5.41, 5.74) is 2.49. The Balaban J connectivity index is 1.94. The number of fused-ring (bicyclic) bond motifs is 1. The lowest BCUT2D eigenvalue weighted by Crippen LogP contribution is -2.28. The summed E-state index contributed by atoms with van der Waals surface area (Å²) in [7, 11) is 0. The highest BCUT2D eigenvalue weighted by Gasteiger charge is 2.26. The van der Waals surface area contributed by atoms with Gasteiger partial charge in [-0.25, -0.2) is 0 Å². The molecule has 0 bridgehead atoms. The summed E-state index contributed by atoms with van der Waals surface area (Å²) in [5.74, 6) is 3.34. The smallest absolute Gasteiger partial charge is 0.0705 e. The SMILES string of the molecule is CCNC(c1ccc2cccnc2c1)C1CCSC1. The second-order valence-electron chi connectivity index (χ2n) is 5.11. The van der Waals surface area contributed by atoms with E-state index in [1.54, 1.807) is 0 Å². The van der Waals surface area contributed by atoms with E-state index in [9.17, 15) is 0 Å². The molecule has 2 aromatic rings. The molecule has 0 radical (unpaired) electrons. The van der Waals surface area contributed by atoms with Crippen molar-refractivity contribution in [1.82, 2.24) is 10.3 Å². The van der Waals surface area contributed by atoms with Gasteiger partial charge in [0.25, 0.3) is 0 Å². The Labute approximate surface area is 119 Å². The molecular weight excluding hydrogens is 252 g/mol. The predicted octanol–water partition coefficient (Wildman–Crippen LogP) is 3.64. The van der Waals surface area contributed by atoms with Crippen LogP contribution in [-0.4, -0.2) is 23.0 Å². The Morgan fingerprint density at radius 3 is 3.16 bits per heavy atom. The van der Waals surface area contributed by atoms with Crippen LogP contribution in [-0.2, 0) is 0 Å². The first-order valence-corrected chi connectivity index (χ1v) is 8.20. The van der Waals surface area contributed by atoms with Crippen LogP contribution in [0.25, 0.3) is 10.9 Å². The normalized spacial score (nSPS) is 20.8. The molecule has 0 aliphatic carbocycles. The van der Waals surface area contributed by atoms with E-state index in [1.165, 1.54) is 28.9 Å². The molecule has 1 aromatic carbocycles. The minimum atomic E-state index is 0.478. The molecule has 3 heteroatoms. The van der Waals surface area contributed by atoms with Crippen molar-refractivity contribution in [2.24, 2.45) is 5.92 Å². The maximum Gasteiger partial charge on any atom is 0.0705 e. The molecule has 2 nitrogen and oxygen atoms in total. The van der Waals surface area contributed by atoms with Gasteiger partial charge in [-0.15, -0.1) is 0 Å². The first-order valence-electron chi connectivity index (χ1n) is 7.04. The standard InChI is InChI=1S/C16H20N2S/c1-2-17-16(14-7-9-19-11-14)13-6-5-12-4-3-8-18-15(12)10-13/h3-6,8,10,14,16-17H,2,7,9,11H2,1H3. The molecule has 100 valence electrons. The molecule has 1 aliphatic rings. The van der Waals surface area contributed by atoms with Gasteiger partial charge in [-0.1, -0.05) is 25.1 Å². The van der Waals surface area contributed by atoms with E-state index in [1.807, 2.05) is 12.3 Å². The molecule has 2 atom stereocenters. The van der Waals surface area contributed by atoms with Crippen LogP contribution < -0.4 is 5.32 Å². The molecule has 2 unspecified atom stereocenters. The molecule has 1 aromatic heterocycles. The van der Waals surface area contributed by atoms with E-state index in [4.69, 9.17) is 0 Å². The summed E-state index contributed by atoms with van der Waals surface area (Å²) in [5, 5.41) is 4.89. The highest BCUT2D eigenvalue weighted by molar-refractivity contribution is 7.99.